The van der Waals surface area contributed by atoms with E-state index in [2.05, 4.69) is 4.90 Å². The second-order valence-corrected chi connectivity index (χ2v) is 10.6. The Morgan fingerprint density at radius 1 is 0.839 bits per heavy atom. The highest BCUT2D eigenvalue weighted by Gasteiger charge is 2.34. The Hall–Kier alpha value is -2.51. The molecule has 2 aliphatic heterocycles. The predicted octanol–water partition coefficient (Wildman–Crippen LogP) is 2.65. The van der Waals surface area contributed by atoms with E-state index in [1.165, 1.54) is 0 Å². The Bertz CT molecular complexity index is 1030. The summed E-state index contributed by atoms with van der Waals surface area (Å²) in [7, 11) is -2.90. The summed E-state index contributed by atoms with van der Waals surface area (Å²) >= 11 is 0. The summed E-state index contributed by atoms with van der Waals surface area (Å²) in [6, 6.07) is 17.6. The van der Waals surface area contributed by atoms with Crippen LogP contribution in [0.3, 0.4) is 0 Å². The summed E-state index contributed by atoms with van der Waals surface area (Å²) in [5.74, 6) is 0.472. The summed E-state index contributed by atoms with van der Waals surface area (Å²) in [5.41, 5.74) is 2.78. The van der Waals surface area contributed by atoms with Gasteiger partial charge in [0.2, 0.25) is 5.91 Å². The van der Waals surface area contributed by atoms with E-state index in [-0.39, 0.29) is 42.1 Å². The van der Waals surface area contributed by atoms with Crippen LogP contribution in [0.4, 0.5) is 0 Å². The van der Waals surface area contributed by atoms with E-state index in [1.807, 2.05) is 54.6 Å². The minimum atomic E-state index is -2.90. The van der Waals surface area contributed by atoms with Crippen molar-refractivity contribution in [2.24, 2.45) is 0 Å². The molecule has 164 valence electrons. The summed E-state index contributed by atoms with van der Waals surface area (Å²) in [6.07, 6.45) is 1.09. The van der Waals surface area contributed by atoms with Gasteiger partial charge >= 0.3 is 0 Å². The van der Waals surface area contributed by atoms with Crippen molar-refractivity contribution in [3.05, 3.63) is 60.2 Å². The Morgan fingerprint density at radius 2 is 1.48 bits per heavy atom. The minimum Gasteiger partial charge on any atom is -0.340 e. The molecular weight excluding hydrogens is 412 g/mol. The average Bonchev–Trinajstić information content (AvgIpc) is 3.17. The number of carbonyl (C=O) groups is 2. The first-order chi connectivity index (χ1) is 14.9. The molecule has 0 N–H and O–H groups in total. The molecule has 2 aromatic rings. The maximum absolute atomic E-state index is 12.6. The molecule has 1 atom stereocenters. The number of carbonyl (C=O) groups excluding carboxylic acids is 2. The zero-order valence-corrected chi connectivity index (χ0v) is 18.4. The Kier molecular flexibility index (Phi) is 6.53. The Balaban J connectivity index is 1.24. The van der Waals surface area contributed by atoms with Gasteiger partial charge in [-0.05, 0) is 17.5 Å². The quantitative estimate of drug-likeness (QED) is 0.646. The molecule has 7 heteroatoms. The maximum Gasteiger partial charge on any atom is 0.223 e. The summed E-state index contributed by atoms with van der Waals surface area (Å²) in [4.78, 5) is 29.1. The highest BCUT2D eigenvalue weighted by atomic mass is 32.2. The smallest absolute Gasteiger partial charge is 0.223 e. The van der Waals surface area contributed by atoms with Gasteiger partial charge in [0.1, 0.15) is 0 Å². The van der Waals surface area contributed by atoms with Gasteiger partial charge in [-0.2, -0.15) is 0 Å². The molecule has 31 heavy (non-hydrogen) atoms. The molecule has 0 aromatic heterocycles. The number of sulfone groups is 1. The third-order valence-corrected chi connectivity index (χ3v) is 8.02. The third kappa shape index (κ3) is 5.40. The number of benzene rings is 2. The van der Waals surface area contributed by atoms with Gasteiger partial charge in [-0.15, -0.1) is 0 Å². The maximum atomic E-state index is 12.6. The van der Waals surface area contributed by atoms with Crippen molar-refractivity contribution < 1.29 is 18.0 Å². The van der Waals surface area contributed by atoms with Crippen LogP contribution in [0.2, 0.25) is 0 Å². The van der Waals surface area contributed by atoms with Crippen LogP contribution in [-0.4, -0.2) is 73.6 Å². The molecule has 0 radical (unpaired) electrons. The molecule has 2 aromatic carbocycles. The monoisotopic (exact) mass is 440 g/mol. The average molecular weight is 441 g/mol. The molecule has 0 bridgehead atoms. The van der Waals surface area contributed by atoms with Crippen molar-refractivity contribution in [2.75, 3.05) is 37.7 Å². The van der Waals surface area contributed by atoms with Crippen molar-refractivity contribution in [3.63, 3.8) is 0 Å². The first-order valence-corrected chi connectivity index (χ1v) is 12.6. The lowest BCUT2D eigenvalue weighted by atomic mass is 10.0. The third-order valence-electron chi connectivity index (χ3n) is 6.27. The molecule has 2 fully saturated rings. The summed E-state index contributed by atoms with van der Waals surface area (Å²) < 4.78 is 23.4. The van der Waals surface area contributed by atoms with Crippen LogP contribution >= 0.6 is 0 Å². The van der Waals surface area contributed by atoms with Crippen LogP contribution < -0.4 is 0 Å². The highest BCUT2D eigenvalue weighted by Crippen LogP contribution is 2.21. The highest BCUT2D eigenvalue weighted by molar-refractivity contribution is 7.91. The number of Topliss-reactive ketones (excluding diaryl/α,β-unsaturated/α-hetero) is 1. The number of amides is 1. The largest absolute Gasteiger partial charge is 0.340 e. The first kappa shape index (κ1) is 21.7. The molecule has 0 spiro atoms. The first-order valence-electron chi connectivity index (χ1n) is 10.8. The molecule has 0 aliphatic carbocycles. The van der Waals surface area contributed by atoms with Gasteiger partial charge in [0.25, 0.3) is 0 Å². The van der Waals surface area contributed by atoms with Gasteiger partial charge in [0.05, 0.1) is 11.5 Å². The molecular formula is C24H28N2O4S. The fourth-order valence-electron chi connectivity index (χ4n) is 4.40. The zero-order chi connectivity index (χ0) is 21.8. The fourth-order valence-corrected chi connectivity index (χ4v) is 6.16. The summed E-state index contributed by atoms with van der Waals surface area (Å²) in [6.45, 7) is 2.58. The molecule has 2 aliphatic rings. The lowest BCUT2D eigenvalue weighted by molar-refractivity contribution is -0.133. The molecule has 1 amide bonds. The van der Waals surface area contributed by atoms with Crippen LogP contribution in [0.15, 0.2) is 54.6 Å². The van der Waals surface area contributed by atoms with E-state index < -0.39 is 9.84 Å². The van der Waals surface area contributed by atoms with Crippen LogP contribution in [0.25, 0.3) is 11.1 Å². The lowest BCUT2D eigenvalue weighted by Gasteiger charge is -2.37. The lowest BCUT2D eigenvalue weighted by Crippen LogP contribution is -2.52. The van der Waals surface area contributed by atoms with Crippen molar-refractivity contribution in [1.29, 1.82) is 0 Å². The molecule has 0 saturated carbocycles. The molecule has 6 nitrogen and oxygen atoms in total. The van der Waals surface area contributed by atoms with Crippen LogP contribution in [0.1, 0.15) is 29.6 Å². The minimum absolute atomic E-state index is 0.00653. The number of piperazine rings is 1. The van der Waals surface area contributed by atoms with Gasteiger partial charge in [-0.3, -0.25) is 14.5 Å². The van der Waals surface area contributed by atoms with Crippen molar-refractivity contribution >= 4 is 21.5 Å². The predicted molar refractivity (Wildman–Crippen MR) is 121 cm³/mol. The van der Waals surface area contributed by atoms with E-state index in [1.54, 1.807) is 4.90 Å². The number of hydrogen-bond donors (Lipinski definition) is 0. The standard InChI is InChI=1S/C24H28N2O4S/c27-23(21-8-6-20(7-9-21)19-4-2-1-3-5-19)10-11-24(28)26-15-13-25(14-16-26)22-12-17-31(29,30)18-22/h1-9,22H,10-18H2. The van der Waals surface area contributed by atoms with Gasteiger partial charge in [0, 0.05) is 50.6 Å². The number of hydrogen-bond acceptors (Lipinski definition) is 5. The van der Waals surface area contributed by atoms with E-state index in [9.17, 15) is 18.0 Å². The summed E-state index contributed by atoms with van der Waals surface area (Å²) in [5, 5.41) is 0. The van der Waals surface area contributed by atoms with Crippen LogP contribution in [-0.2, 0) is 14.6 Å². The molecule has 4 rings (SSSR count). The SMILES string of the molecule is O=C(CCC(=O)N1CCN(C2CCS(=O)(=O)C2)CC1)c1ccc(-c2ccccc2)cc1. The van der Waals surface area contributed by atoms with Gasteiger partial charge in [-0.1, -0.05) is 54.6 Å². The number of nitrogens with zero attached hydrogens (tertiary/aromatic N) is 2. The van der Waals surface area contributed by atoms with Gasteiger partial charge in [0.15, 0.2) is 15.6 Å². The van der Waals surface area contributed by atoms with Gasteiger partial charge < -0.3 is 4.90 Å². The van der Waals surface area contributed by atoms with Crippen molar-refractivity contribution in [2.45, 2.75) is 25.3 Å². The zero-order valence-electron chi connectivity index (χ0n) is 17.6. The van der Waals surface area contributed by atoms with E-state index in [4.69, 9.17) is 0 Å². The van der Waals surface area contributed by atoms with E-state index in [0.29, 0.717) is 38.2 Å². The van der Waals surface area contributed by atoms with Crippen molar-refractivity contribution in [3.8, 4) is 11.1 Å². The van der Waals surface area contributed by atoms with Crippen LogP contribution in [0, 0.1) is 0 Å². The van der Waals surface area contributed by atoms with Gasteiger partial charge in [-0.25, -0.2) is 8.42 Å². The molecule has 1 unspecified atom stereocenters. The Morgan fingerprint density at radius 3 is 2.10 bits per heavy atom. The van der Waals surface area contributed by atoms with E-state index >= 15 is 0 Å². The fraction of sp³-hybridized carbons (Fsp3) is 0.417. The normalized spacial score (nSPS) is 21.2. The Labute approximate surface area is 183 Å². The number of ketones is 1. The molecule has 2 saturated heterocycles. The second kappa shape index (κ2) is 9.32. The topological polar surface area (TPSA) is 74.8 Å². The second-order valence-electron chi connectivity index (χ2n) is 8.34. The van der Waals surface area contributed by atoms with E-state index in [0.717, 1.165) is 11.1 Å². The molecule has 2 heterocycles. The number of rotatable bonds is 6. The van der Waals surface area contributed by atoms with Crippen LogP contribution in [0.5, 0.6) is 0 Å². The van der Waals surface area contributed by atoms with Crippen molar-refractivity contribution in [1.82, 2.24) is 9.80 Å².